The molecule has 0 unspecified atom stereocenters. The molecule has 180 valence electrons. The number of nitrogens with zero attached hydrogens (tertiary/aromatic N) is 2. The molecule has 2 heterocycles. The van der Waals surface area contributed by atoms with E-state index in [4.69, 9.17) is 9.47 Å². The SMILES string of the molecule is COc1cc([C@@H]2C(=C(O)c3ccc(OC(C)C)cc3)C(=O)C(=O)N2Cc2cccnc2)ccc1O. The van der Waals surface area contributed by atoms with E-state index in [9.17, 15) is 19.8 Å². The zero-order valence-corrected chi connectivity index (χ0v) is 19.6. The number of ether oxygens (including phenoxy) is 2. The molecule has 1 aliphatic heterocycles. The Morgan fingerprint density at radius 2 is 1.86 bits per heavy atom. The van der Waals surface area contributed by atoms with Gasteiger partial charge in [0.05, 0.1) is 24.8 Å². The lowest BCUT2D eigenvalue weighted by Crippen LogP contribution is -2.29. The Morgan fingerprint density at radius 3 is 2.49 bits per heavy atom. The number of aromatic nitrogens is 1. The number of phenolic OH excluding ortho intramolecular Hbond substituents is 1. The molecule has 8 nitrogen and oxygen atoms in total. The lowest BCUT2D eigenvalue weighted by molar-refractivity contribution is -0.140. The summed E-state index contributed by atoms with van der Waals surface area (Å²) in [6, 6.07) is 13.9. The lowest BCUT2D eigenvalue weighted by atomic mass is 9.95. The van der Waals surface area contributed by atoms with Gasteiger partial charge in [-0.2, -0.15) is 0 Å². The molecule has 0 spiro atoms. The molecule has 1 aromatic heterocycles. The standard InChI is InChI=1S/C27H26N2O6/c1-16(2)35-20-9-6-18(7-10-20)25(31)23-24(19-8-11-21(30)22(13-19)34-3)29(27(33)26(23)32)15-17-5-4-12-28-14-17/h4-14,16,24,30-31H,15H2,1-3H3/t24-/m1/s1. The largest absolute Gasteiger partial charge is 0.507 e. The highest BCUT2D eigenvalue weighted by Crippen LogP contribution is 2.42. The highest BCUT2D eigenvalue weighted by Gasteiger charge is 2.46. The molecule has 3 aromatic rings. The number of methoxy groups -OCH3 is 1. The van der Waals surface area contributed by atoms with Gasteiger partial charge in [0.2, 0.25) is 0 Å². The van der Waals surface area contributed by atoms with Crippen molar-refractivity contribution in [3.05, 3.63) is 89.3 Å². The number of ketones is 1. The molecule has 0 aliphatic carbocycles. The summed E-state index contributed by atoms with van der Waals surface area (Å²) in [5.74, 6) is -1.12. The van der Waals surface area contributed by atoms with Gasteiger partial charge < -0.3 is 24.6 Å². The molecule has 2 N–H and O–H groups in total. The average Bonchev–Trinajstić information content (AvgIpc) is 3.09. The Balaban J connectivity index is 1.83. The van der Waals surface area contributed by atoms with Gasteiger partial charge in [-0.1, -0.05) is 12.1 Å². The second-order valence-electron chi connectivity index (χ2n) is 8.41. The third-order valence-corrected chi connectivity index (χ3v) is 5.63. The summed E-state index contributed by atoms with van der Waals surface area (Å²) < 4.78 is 10.9. The zero-order valence-electron chi connectivity index (χ0n) is 19.6. The number of aliphatic hydroxyl groups excluding tert-OH is 1. The van der Waals surface area contributed by atoms with Crippen LogP contribution in [0, 0.1) is 0 Å². The quantitative estimate of drug-likeness (QED) is 0.300. The van der Waals surface area contributed by atoms with E-state index in [1.54, 1.807) is 60.9 Å². The smallest absolute Gasteiger partial charge is 0.295 e. The predicted molar refractivity (Wildman–Crippen MR) is 129 cm³/mol. The number of Topliss-reactive ketones (excluding diaryl/α,β-unsaturated/α-hetero) is 1. The summed E-state index contributed by atoms with van der Waals surface area (Å²) in [6.45, 7) is 3.91. The fraction of sp³-hybridized carbons (Fsp3) is 0.222. The van der Waals surface area contributed by atoms with Crippen molar-refractivity contribution in [2.75, 3.05) is 7.11 Å². The van der Waals surface area contributed by atoms with Crippen LogP contribution in [0.4, 0.5) is 0 Å². The third-order valence-electron chi connectivity index (χ3n) is 5.63. The van der Waals surface area contributed by atoms with Crippen molar-refractivity contribution in [1.82, 2.24) is 9.88 Å². The fourth-order valence-corrected chi connectivity index (χ4v) is 4.06. The molecule has 1 atom stereocenters. The van der Waals surface area contributed by atoms with Gasteiger partial charge in [0, 0.05) is 24.5 Å². The Kier molecular flexibility index (Phi) is 6.73. The fourth-order valence-electron chi connectivity index (χ4n) is 4.06. The maximum absolute atomic E-state index is 13.2. The number of pyridine rings is 1. The summed E-state index contributed by atoms with van der Waals surface area (Å²) >= 11 is 0. The highest BCUT2D eigenvalue weighted by atomic mass is 16.5. The number of likely N-dealkylation sites (tertiary alicyclic amines) is 1. The monoisotopic (exact) mass is 474 g/mol. The van der Waals surface area contributed by atoms with E-state index >= 15 is 0 Å². The number of hydrogen-bond acceptors (Lipinski definition) is 7. The number of amides is 1. The Labute approximate surface area is 203 Å². The summed E-state index contributed by atoms with van der Waals surface area (Å²) in [6.07, 6.45) is 3.21. The minimum absolute atomic E-state index is 0.0169. The van der Waals surface area contributed by atoms with E-state index < -0.39 is 17.7 Å². The molecule has 1 fully saturated rings. The number of phenols is 1. The van der Waals surface area contributed by atoms with Crippen LogP contribution in [0.5, 0.6) is 17.2 Å². The molecule has 1 amide bonds. The topological polar surface area (TPSA) is 109 Å². The molecular weight excluding hydrogens is 448 g/mol. The normalized spacial score (nSPS) is 17.1. The summed E-state index contributed by atoms with van der Waals surface area (Å²) in [5, 5.41) is 21.3. The molecule has 1 aliphatic rings. The average molecular weight is 475 g/mol. The van der Waals surface area contributed by atoms with Gasteiger partial charge in [0.1, 0.15) is 11.5 Å². The van der Waals surface area contributed by atoms with E-state index in [-0.39, 0.29) is 35.5 Å². The number of rotatable bonds is 7. The molecular formula is C27H26N2O6. The van der Waals surface area contributed by atoms with Crippen molar-refractivity contribution in [3.63, 3.8) is 0 Å². The molecule has 4 rings (SSSR count). The molecule has 0 saturated carbocycles. The minimum atomic E-state index is -0.906. The van der Waals surface area contributed by atoms with Crippen molar-refractivity contribution < 1.29 is 29.3 Å². The Morgan fingerprint density at radius 1 is 1.11 bits per heavy atom. The van der Waals surface area contributed by atoms with Gasteiger partial charge in [0.25, 0.3) is 11.7 Å². The number of benzene rings is 2. The van der Waals surface area contributed by atoms with Gasteiger partial charge in [0.15, 0.2) is 11.5 Å². The van der Waals surface area contributed by atoms with Crippen LogP contribution in [0.25, 0.3) is 5.76 Å². The molecule has 0 bridgehead atoms. The van der Waals surface area contributed by atoms with Crippen LogP contribution in [0.2, 0.25) is 0 Å². The first-order chi connectivity index (χ1) is 16.8. The van der Waals surface area contributed by atoms with Crippen molar-refractivity contribution in [2.45, 2.75) is 32.5 Å². The van der Waals surface area contributed by atoms with E-state index in [1.807, 2.05) is 13.8 Å². The van der Waals surface area contributed by atoms with Crippen LogP contribution in [0.1, 0.15) is 36.6 Å². The lowest BCUT2D eigenvalue weighted by Gasteiger charge is -2.25. The minimum Gasteiger partial charge on any atom is -0.507 e. The first kappa shape index (κ1) is 23.8. The van der Waals surface area contributed by atoms with Crippen LogP contribution in [-0.4, -0.2) is 45.0 Å². The number of carbonyl (C=O) groups is 2. The van der Waals surface area contributed by atoms with Gasteiger partial charge >= 0.3 is 0 Å². The van der Waals surface area contributed by atoms with E-state index in [0.29, 0.717) is 16.9 Å². The second kappa shape index (κ2) is 9.89. The van der Waals surface area contributed by atoms with Crippen molar-refractivity contribution >= 4 is 17.4 Å². The molecule has 1 saturated heterocycles. The van der Waals surface area contributed by atoms with Crippen LogP contribution in [-0.2, 0) is 16.1 Å². The van der Waals surface area contributed by atoms with Crippen molar-refractivity contribution in [3.8, 4) is 17.2 Å². The number of carbonyl (C=O) groups excluding carboxylic acids is 2. The second-order valence-corrected chi connectivity index (χ2v) is 8.41. The summed E-state index contributed by atoms with van der Waals surface area (Å²) in [7, 11) is 1.41. The molecule has 0 radical (unpaired) electrons. The maximum atomic E-state index is 13.2. The van der Waals surface area contributed by atoms with Crippen molar-refractivity contribution in [2.24, 2.45) is 0 Å². The Hall–Kier alpha value is -4.33. The zero-order chi connectivity index (χ0) is 25.1. The third kappa shape index (κ3) is 4.82. The summed E-state index contributed by atoms with van der Waals surface area (Å²) in [4.78, 5) is 31.8. The molecule has 35 heavy (non-hydrogen) atoms. The van der Waals surface area contributed by atoms with Crippen molar-refractivity contribution in [1.29, 1.82) is 0 Å². The van der Waals surface area contributed by atoms with Gasteiger partial charge in [-0.05, 0) is 67.4 Å². The number of hydrogen-bond donors (Lipinski definition) is 2. The van der Waals surface area contributed by atoms with Crippen LogP contribution in [0.15, 0.2) is 72.6 Å². The predicted octanol–water partition coefficient (Wildman–Crippen LogP) is 4.20. The van der Waals surface area contributed by atoms with E-state index in [0.717, 1.165) is 5.56 Å². The maximum Gasteiger partial charge on any atom is 0.295 e. The van der Waals surface area contributed by atoms with Gasteiger partial charge in [-0.3, -0.25) is 14.6 Å². The first-order valence-corrected chi connectivity index (χ1v) is 11.1. The summed E-state index contributed by atoms with van der Waals surface area (Å²) in [5.41, 5.74) is 1.55. The van der Waals surface area contributed by atoms with Crippen LogP contribution < -0.4 is 9.47 Å². The van der Waals surface area contributed by atoms with Crippen LogP contribution >= 0.6 is 0 Å². The number of aromatic hydroxyl groups is 1. The Bertz CT molecular complexity index is 1270. The van der Waals surface area contributed by atoms with E-state index in [2.05, 4.69) is 4.98 Å². The van der Waals surface area contributed by atoms with E-state index in [1.165, 1.54) is 18.1 Å². The first-order valence-electron chi connectivity index (χ1n) is 11.1. The van der Waals surface area contributed by atoms with Crippen LogP contribution in [0.3, 0.4) is 0 Å². The highest BCUT2D eigenvalue weighted by molar-refractivity contribution is 6.46. The van der Waals surface area contributed by atoms with Gasteiger partial charge in [-0.25, -0.2) is 0 Å². The van der Waals surface area contributed by atoms with Gasteiger partial charge in [-0.15, -0.1) is 0 Å². The molecule has 8 heteroatoms. The molecule has 2 aromatic carbocycles. The number of aliphatic hydroxyl groups is 1.